The Bertz CT molecular complexity index is 373. The van der Waals surface area contributed by atoms with E-state index in [0.29, 0.717) is 6.04 Å². The summed E-state index contributed by atoms with van der Waals surface area (Å²) in [4.78, 5) is 2.13. The van der Waals surface area contributed by atoms with Crippen LogP contribution in [-0.4, -0.2) is 38.1 Å². The van der Waals surface area contributed by atoms with Crippen molar-refractivity contribution >= 4 is 0 Å². The smallest absolute Gasteiger partial charge is 0.126 e. The lowest BCUT2D eigenvalue weighted by Crippen LogP contribution is -2.45. The molecule has 1 saturated heterocycles. The van der Waals surface area contributed by atoms with E-state index >= 15 is 0 Å². The maximum absolute atomic E-state index is 13.2. The monoisotopic (exact) mass is 240 g/mol. The summed E-state index contributed by atoms with van der Waals surface area (Å²) in [6.45, 7) is 1.73. The average molecular weight is 240 g/mol. The van der Waals surface area contributed by atoms with Crippen molar-refractivity contribution in [3.8, 4) is 0 Å². The third-order valence-corrected chi connectivity index (χ3v) is 3.42. The second-order valence-electron chi connectivity index (χ2n) is 4.83. The Kier molecular flexibility index (Phi) is 3.74. The van der Waals surface area contributed by atoms with E-state index in [4.69, 9.17) is 0 Å². The van der Waals surface area contributed by atoms with Crippen LogP contribution in [0.4, 0.5) is 8.78 Å². The molecule has 0 amide bonds. The zero-order valence-corrected chi connectivity index (χ0v) is 10.2. The van der Waals surface area contributed by atoms with Crippen LogP contribution in [0, 0.1) is 11.6 Å². The molecule has 2 rings (SSSR count). The van der Waals surface area contributed by atoms with E-state index in [2.05, 4.69) is 10.2 Å². The highest BCUT2D eigenvalue weighted by atomic mass is 19.1. The van der Waals surface area contributed by atoms with Crippen molar-refractivity contribution in [2.45, 2.75) is 18.4 Å². The van der Waals surface area contributed by atoms with Gasteiger partial charge in [-0.1, -0.05) is 0 Å². The lowest BCUT2D eigenvalue weighted by atomic mass is 9.86. The fourth-order valence-corrected chi connectivity index (χ4v) is 2.59. The Labute approximate surface area is 101 Å². The van der Waals surface area contributed by atoms with E-state index in [1.54, 1.807) is 0 Å². The molecule has 0 aliphatic carbocycles. The largest absolute Gasteiger partial charge is 0.316 e. The molecule has 0 bridgehead atoms. The Balaban J connectivity index is 2.29. The molecule has 1 N–H and O–H groups in total. The highest BCUT2D eigenvalue weighted by Crippen LogP contribution is 2.27. The predicted octanol–water partition coefficient (Wildman–Crippen LogP) is 1.97. The van der Waals surface area contributed by atoms with Crippen LogP contribution in [-0.2, 0) is 0 Å². The summed E-state index contributed by atoms with van der Waals surface area (Å²) in [6.07, 6.45) is 0.996. The van der Waals surface area contributed by atoms with Gasteiger partial charge in [-0.3, -0.25) is 0 Å². The molecule has 0 saturated carbocycles. The predicted molar refractivity (Wildman–Crippen MR) is 64.1 cm³/mol. The van der Waals surface area contributed by atoms with Gasteiger partial charge in [0.15, 0.2) is 0 Å². The normalized spacial score (nSPS) is 25.2. The van der Waals surface area contributed by atoms with Gasteiger partial charge in [-0.05, 0) is 44.8 Å². The van der Waals surface area contributed by atoms with Crippen molar-refractivity contribution in [1.82, 2.24) is 10.2 Å². The van der Waals surface area contributed by atoms with Gasteiger partial charge >= 0.3 is 0 Å². The summed E-state index contributed by atoms with van der Waals surface area (Å²) in [7, 11) is 4.03. The van der Waals surface area contributed by atoms with Gasteiger partial charge in [0.2, 0.25) is 0 Å². The number of halogens is 2. The van der Waals surface area contributed by atoms with Gasteiger partial charge in [0.25, 0.3) is 0 Å². The molecule has 17 heavy (non-hydrogen) atoms. The number of likely N-dealkylation sites (N-methyl/N-ethyl adjacent to an activating group) is 1. The van der Waals surface area contributed by atoms with E-state index < -0.39 is 11.6 Å². The van der Waals surface area contributed by atoms with Crippen LogP contribution in [0.2, 0.25) is 0 Å². The number of rotatable bonds is 2. The van der Waals surface area contributed by atoms with Crippen LogP contribution in [0.5, 0.6) is 0 Å². The molecule has 0 spiro atoms. The number of hydrogen-bond donors (Lipinski definition) is 1. The second kappa shape index (κ2) is 5.10. The Morgan fingerprint density at radius 1 is 1.18 bits per heavy atom. The molecule has 1 aromatic rings. The number of nitrogens with one attached hydrogen (secondary N) is 1. The van der Waals surface area contributed by atoms with Crippen LogP contribution < -0.4 is 5.32 Å². The molecule has 2 unspecified atom stereocenters. The van der Waals surface area contributed by atoms with E-state index in [1.165, 1.54) is 12.1 Å². The highest BCUT2D eigenvalue weighted by molar-refractivity contribution is 5.24. The fraction of sp³-hybridized carbons (Fsp3) is 0.538. The van der Waals surface area contributed by atoms with Gasteiger partial charge in [-0.2, -0.15) is 0 Å². The Hall–Kier alpha value is -1.00. The molecule has 0 radical (unpaired) electrons. The zero-order chi connectivity index (χ0) is 12.4. The minimum absolute atomic E-state index is 0.143. The molecule has 1 aromatic carbocycles. The summed E-state index contributed by atoms with van der Waals surface area (Å²) < 4.78 is 26.5. The first-order valence-electron chi connectivity index (χ1n) is 5.91. The van der Waals surface area contributed by atoms with E-state index in [9.17, 15) is 8.78 Å². The molecule has 4 heteroatoms. The van der Waals surface area contributed by atoms with Crippen molar-refractivity contribution in [1.29, 1.82) is 0 Å². The molecule has 0 aromatic heterocycles. The maximum atomic E-state index is 13.2. The van der Waals surface area contributed by atoms with Crippen LogP contribution in [0.1, 0.15) is 17.9 Å². The highest BCUT2D eigenvalue weighted by Gasteiger charge is 2.28. The molecule has 1 aliphatic rings. The first-order chi connectivity index (χ1) is 8.08. The van der Waals surface area contributed by atoms with Gasteiger partial charge in [0.1, 0.15) is 11.6 Å². The minimum Gasteiger partial charge on any atom is -0.316 e. The van der Waals surface area contributed by atoms with E-state index in [1.807, 2.05) is 14.1 Å². The van der Waals surface area contributed by atoms with Crippen LogP contribution in [0.25, 0.3) is 0 Å². The van der Waals surface area contributed by atoms with Crippen molar-refractivity contribution in [2.75, 3.05) is 27.2 Å². The Morgan fingerprint density at radius 2 is 1.82 bits per heavy atom. The molecule has 1 fully saturated rings. The molecular formula is C13H18F2N2. The van der Waals surface area contributed by atoms with Gasteiger partial charge in [-0.15, -0.1) is 0 Å². The van der Waals surface area contributed by atoms with E-state index in [-0.39, 0.29) is 5.92 Å². The summed E-state index contributed by atoms with van der Waals surface area (Å²) in [5.74, 6) is -0.852. The number of piperidine rings is 1. The standard InChI is InChI=1S/C13H18F2N2/c1-17(2)13-3-4-16-8-12(13)9-5-10(14)7-11(15)6-9/h5-7,12-13,16H,3-4,8H2,1-2H3. The number of hydrogen-bond acceptors (Lipinski definition) is 2. The van der Waals surface area contributed by atoms with Crippen molar-refractivity contribution in [3.05, 3.63) is 35.4 Å². The van der Waals surface area contributed by atoms with Crippen molar-refractivity contribution < 1.29 is 8.78 Å². The molecule has 1 aliphatic heterocycles. The molecule has 1 heterocycles. The lowest BCUT2D eigenvalue weighted by Gasteiger charge is -2.37. The minimum atomic E-state index is -0.497. The van der Waals surface area contributed by atoms with Gasteiger partial charge in [-0.25, -0.2) is 8.78 Å². The zero-order valence-electron chi connectivity index (χ0n) is 10.2. The third kappa shape index (κ3) is 2.82. The van der Waals surface area contributed by atoms with Gasteiger partial charge in [0, 0.05) is 24.6 Å². The number of benzene rings is 1. The van der Waals surface area contributed by atoms with Crippen molar-refractivity contribution in [3.63, 3.8) is 0 Å². The number of nitrogens with zero attached hydrogens (tertiary/aromatic N) is 1. The SMILES string of the molecule is CN(C)C1CCNCC1c1cc(F)cc(F)c1. The summed E-state index contributed by atoms with van der Waals surface area (Å²) in [5.41, 5.74) is 0.744. The third-order valence-electron chi connectivity index (χ3n) is 3.42. The van der Waals surface area contributed by atoms with Gasteiger partial charge in [0.05, 0.1) is 0 Å². The summed E-state index contributed by atoms with van der Waals surface area (Å²) in [6, 6.07) is 4.14. The molecule has 2 atom stereocenters. The molecule has 94 valence electrons. The molecular weight excluding hydrogens is 222 g/mol. The maximum Gasteiger partial charge on any atom is 0.126 e. The van der Waals surface area contributed by atoms with Crippen LogP contribution in [0.3, 0.4) is 0 Å². The fourth-order valence-electron chi connectivity index (χ4n) is 2.59. The summed E-state index contributed by atoms with van der Waals surface area (Å²) in [5, 5.41) is 3.29. The topological polar surface area (TPSA) is 15.3 Å². The van der Waals surface area contributed by atoms with Crippen LogP contribution in [0.15, 0.2) is 18.2 Å². The Morgan fingerprint density at radius 3 is 2.41 bits per heavy atom. The first kappa shape index (κ1) is 12.5. The van der Waals surface area contributed by atoms with E-state index in [0.717, 1.165) is 31.1 Å². The van der Waals surface area contributed by atoms with Gasteiger partial charge < -0.3 is 10.2 Å². The van der Waals surface area contributed by atoms with Crippen LogP contribution >= 0.6 is 0 Å². The second-order valence-corrected chi connectivity index (χ2v) is 4.83. The van der Waals surface area contributed by atoms with Crippen molar-refractivity contribution in [2.24, 2.45) is 0 Å². The lowest BCUT2D eigenvalue weighted by molar-refractivity contribution is 0.209. The summed E-state index contributed by atoms with van der Waals surface area (Å²) >= 11 is 0. The average Bonchev–Trinajstić information content (AvgIpc) is 2.27. The molecule has 2 nitrogen and oxygen atoms in total. The quantitative estimate of drug-likeness (QED) is 0.850. The first-order valence-corrected chi connectivity index (χ1v) is 5.91.